The third-order valence-corrected chi connectivity index (χ3v) is 1.56. The molecule has 0 spiro atoms. The van der Waals surface area contributed by atoms with Crippen molar-refractivity contribution in [1.29, 1.82) is 0 Å². The van der Waals surface area contributed by atoms with Crippen molar-refractivity contribution in [2.45, 2.75) is 6.54 Å². The smallest absolute Gasteiger partial charge is 0.394 e. The number of benzene rings is 1. The van der Waals surface area contributed by atoms with Gasteiger partial charge in [0.05, 0.1) is 0 Å². The van der Waals surface area contributed by atoms with Crippen LogP contribution < -0.4 is 5.32 Å². The molecule has 3 N–H and O–H groups in total. The minimum Gasteiger partial charge on any atom is -0.508 e. The second-order valence-electron chi connectivity index (χ2n) is 2.66. The maximum absolute atomic E-state index is 10.6. The summed E-state index contributed by atoms with van der Waals surface area (Å²) in [4.78, 5) is 20.8. The highest BCUT2D eigenvalue weighted by Gasteiger charge is 2.09. The van der Waals surface area contributed by atoms with Gasteiger partial charge in [-0.25, -0.2) is 4.79 Å². The molecular formula is C9H9NO4. The van der Waals surface area contributed by atoms with Crippen LogP contribution in [0.15, 0.2) is 24.3 Å². The molecule has 0 aliphatic heterocycles. The van der Waals surface area contributed by atoms with E-state index >= 15 is 0 Å². The molecule has 0 radical (unpaired) electrons. The molecule has 5 heteroatoms. The van der Waals surface area contributed by atoms with Crippen LogP contribution in [-0.4, -0.2) is 22.1 Å². The Morgan fingerprint density at radius 2 is 2.07 bits per heavy atom. The summed E-state index contributed by atoms with van der Waals surface area (Å²) in [6.45, 7) is 0.0829. The van der Waals surface area contributed by atoms with E-state index in [1.807, 2.05) is 0 Å². The number of aromatic hydroxyl groups is 1. The van der Waals surface area contributed by atoms with Crippen LogP contribution in [0.25, 0.3) is 0 Å². The van der Waals surface area contributed by atoms with Crippen LogP contribution in [0.1, 0.15) is 5.56 Å². The molecule has 0 aliphatic rings. The summed E-state index contributed by atoms with van der Waals surface area (Å²) < 4.78 is 0. The van der Waals surface area contributed by atoms with E-state index in [1.165, 1.54) is 12.1 Å². The van der Waals surface area contributed by atoms with Gasteiger partial charge in [-0.1, -0.05) is 12.1 Å². The van der Waals surface area contributed by atoms with Gasteiger partial charge < -0.3 is 15.5 Å². The van der Waals surface area contributed by atoms with Crippen LogP contribution in [-0.2, 0) is 16.1 Å². The Bertz CT molecular complexity index is 362. The summed E-state index contributed by atoms with van der Waals surface area (Å²) in [7, 11) is 0. The molecule has 74 valence electrons. The second-order valence-corrected chi connectivity index (χ2v) is 2.66. The number of hydrogen-bond acceptors (Lipinski definition) is 3. The van der Waals surface area contributed by atoms with Crippen LogP contribution in [0.3, 0.4) is 0 Å². The molecule has 0 aromatic heterocycles. The predicted octanol–water partition coefficient (Wildman–Crippen LogP) is 0.0930. The van der Waals surface area contributed by atoms with Crippen molar-refractivity contribution in [3.8, 4) is 5.75 Å². The van der Waals surface area contributed by atoms with Crippen LogP contribution in [0.2, 0.25) is 0 Å². The summed E-state index contributed by atoms with van der Waals surface area (Å²) in [6.07, 6.45) is 0. The van der Waals surface area contributed by atoms with Gasteiger partial charge in [0, 0.05) is 6.54 Å². The van der Waals surface area contributed by atoms with E-state index in [0.717, 1.165) is 0 Å². The van der Waals surface area contributed by atoms with Crippen molar-refractivity contribution >= 4 is 11.9 Å². The van der Waals surface area contributed by atoms with Crippen LogP contribution >= 0.6 is 0 Å². The number of rotatable bonds is 2. The van der Waals surface area contributed by atoms with Crippen LogP contribution in [0.5, 0.6) is 5.75 Å². The Balaban J connectivity index is 2.54. The zero-order valence-corrected chi connectivity index (χ0v) is 7.23. The molecule has 0 fully saturated rings. The summed E-state index contributed by atoms with van der Waals surface area (Å²) in [5, 5.41) is 19.5. The lowest BCUT2D eigenvalue weighted by atomic mass is 10.2. The first kappa shape index (κ1) is 10.0. The van der Waals surface area contributed by atoms with E-state index in [1.54, 1.807) is 12.1 Å². The Morgan fingerprint density at radius 3 is 2.64 bits per heavy atom. The SMILES string of the molecule is O=C(O)C(=O)NCc1cccc(O)c1. The van der Waals surface area contributed by atoms with Gasteiger partial charge in [-0.3, -0.25) is 4.79 Å². The minimum atomic E-state index is -1.52. The lowest BCUT2D eigenvalue weighted by molar-refractivity contribution is -0.150. The van der Waals surface area contributed by atoms with Crippen molar-refractivity contribution in [1.82, 2.24) is 5.32 Å². The van der Waals surface area contributed by atoms with Crippen LogP contribution in [0, 0.1) is 0 Å². The van der Waals surface area contributed by atoms with Gasteiger partial charge in [0.15, 0.2) is 0 Å². The largest absolute Gasteiger partial charge is 0.508 e. The molecule has 1 rings (SSSR count). The minimum absolute atomic E-state index is 0.0760. The molecule has 5 nitrogen and oxygen atoms in total. The number of carbonyl (C=O) groups is 2. The molecule has 0 bridgehead atoms. The molecule has 1 aromatic carbocycles. The number of phenolic OH excluding ortho intramolecular Hbond substituents is 1. The number of carboxylic acid groups (broad SMARTS) is 1. The molecule has 1 amide bonds. The van der Waals surface area contributed by atoms with E-state index in [9.17, 15) is 9.59 Å². The molecule has 0 unspecified atom stereocenters. The topological polar surface area (TPSA) is 86.6 Å². The average Bonchev–Trinajstić information content (AvgIpc) is 2.14. The Hall–Kier alpha value is -2.04. The molecule has 0 atom stereocenters. The highest BCUT2D eigenvalue weighted by atomic mass is 16.4. The highest BCUT2D eigenvalue weighted by Crippen LogP contribution is 2.10. The lowest BCUT2D eigenvalue weighted by Gasteiger charge is -2.02. The first-order chi connectivity index (χ1) is 6.59. The summed E-state index contributed by atoms with van der Waals surface area (Å²) in [5.74, 6) is -2.51. The van der Waals surface area contributed by atoms with Gasteiger partial charge >= 0.3 is 11.9 Å². The van der Waals surface area contributed by atoms with E-state index in [-0.39, 0.29) is 12.3 Å². The van der Waals surface area contributed by atoms with E-state index in [2.05, 4.69) is 5.32 Å². The van der Waals surface area contributed by atoms with Crippen molar-refractivity contribution in [2.75, 3.05) is 0 Å². The normalized spacial score (nSPS) is 9.43. The summed E-state index contributed by atoms with van der Waals surface area (Å²) in [5.41, 5.74) is 0.639. The lowest BCUT2D eigenvalue weighted by Crippen LogP contribution is -2.29. The highest BCUT2D eigenvalue weighted by molar-refractivity contribution is 6.31. The summed E-state index contributed by atoms with van der Waals surface area (Å²) >= 11 is 0. The Morgan fingerprint density at radius 1 is 1.36 bits per heavy atom. The Labute approximate surface area is 80.0 Å². The van der Waals surface area contributed by atoms with E-state index in [0.29, 0.717) is 5.56 Å². The fourth-order valence-corrected chi connectivity index (χ4v) is 0.924. The van der Waals surface area contributed by atoms with Gasteiger partial charge in [0.1, 0.15) is 5.75 Å². The third kappa shape index (κ3) is 2.78. The number of amides is 1. The average molecular weight is 195 g/mol. The predicted molar refractivity (Wildman–Crippen MR) is 47.6 cm³/mol. The van der Waals surface area contributed by atoms with Crippen molar-refractivity contribution in [2.24, 2.45) is 0 Å². The number of nitrogens with one attached hydrogen (secondary N) is 1. The van der Waals surface area contributed by atoms with Gasteiger partial charge in [0.25, 0.3) is 0 Å². The number of carbonyl (C=O) groups excluding carboxylic acids is 1. The molecule has 14 heavy (non-hydrogen) atoms. The third-order valence-electron chi connectivity index (χ3n) is 1.56. The molecule has 0 heterocycles. The second kappa shape index (κ2) is 4.27. The quantitative estimate of drug-likeness (QED) is 0.584. The molecule has 0 aliphatic carbocycles. The number of carboxylic acids is 1. The zero-order chi connectivity index (χ0) is 10.6. The monoisotopic (exact) mass is 195 g/mol. The van der Waals surface area contributed by atoms with Gasteiger partial charge in [-0.2, -0.15) is 0 Å². The molecule has 1 aromatic rings. The fourth-order valence-electron chi connectivity index (χ4n) is 0.924. The van der Waals surface area contributed by atoms with Crippen molar-refractivity contribution in [3.05, 3.63) is 29.8 Å². The fraction of sp³-hybridized carbons (Fsp3) is 0.111. The van der Waals surface area contributed by atoms with Gasteiger partial charge in [-0.05, 0) is 17.7 Å². The maximum atomic E-state index is 10.6. The molecular weight excluding hydrogens is 186 g/mol. The van der Waals surface area contributed by atoms with E-state index in [4.69, 9.17) is 10.2 Å². The standard InChI is InChI=1S/C9H9NO4/c11-7-3-1-2-6(4-7)5-10-8(12)9(13)14/h1-4,11H,5H2,(H,10,12)(H,13,14). The van der Waals surface area contributed by atoms with Gasteiger partial charge in [0.2, 0.25) is 0 Å². The maximum Gasteiger partial charge on any atom is 0.394 e. The van der Waals surface area contributed by atoms with Crippen molar-refractivity contribution in [3.63, 3.8) is 0 Å². The summed E-state index contributed by atoms with van der Waals surface area (Å²) in [6, 6.07) is 6.21. The van der Waals surface area contributed by atoms with Crippen LogP contribution in [0.4, 0.5) is 0 Å². The van der Waals surface area contributed by atoms with Crippen molar-refractivity contribution < 1.29 is 19.8 Å². The van der Waals surface area contributed by atoms with Gasteiger partial charge in [-0.15, -0.1) is 0 Å². The number of aliphatic carboxylic acids is 1. The Kier molecular flexibility index (Phi) is 3.06. The first-order valence-electron chi connectivity index (χ1n) is 3.88. The van der Waals surface area contributed by atoms with E-state index < -0.39 is 11.9 Å². The number of hydrogen-bond donors (Lipinski definition) is 3. The zero-order valence-electron chi connectivity index (χ0n) is 7.23. The first-order valence-corrected chi connectivity index (χ1v) is 3.88. The molecule has 0 saturated heterocycles. The molecule has 0 saturated carbocycles. The number of phenols is 1.